The molecule has 4 heterocycles. The summed E-state index contributed by atoms with van der Waals surface area (Å²) in [6.07, 6.45) is 4.52. The normalized spacial score (nSPS) is 21.7. The number of ketones is 1. The van der Waals surface area contributed by atoms with Gasteiger partial charge in [0.15, 0.2) is 5.78 Å². The van der Waals surface area contributed by atoms with Gasteiger partial charge >= 0.3 is 0 Å². The number of carbonyl (C=O) groups excluding carboxylic acids is 3. The summed E-state index contributed by atoms with van der Waals surface area (Å²) in [7, 11) is 0. The molecule has 1 unspecified atom stereocenters. The third kappa shape index (κ3) is 8.77. The minimum absolute atomic E-state index is 0. The number of rotatable bonds is 12. The maximum Gasteiger partial charge on any atom is 0.271 e. The third-order valence-electron chi connectivity index (χ3n) is 10.8. The van der Waals surface area contributed by atoms with Gasteiger partial charge in [-0.1, -0.05) is 54.1 Å². The quantitative estimate of drug-likeness (QED) is 0.137. The second-order valence-corrected chi connectivity index (χ2v) is 15.4. The maximum absolute atomic E-state index is 13.5. The molecule has 0 spiro atoms. The van der Waals surface area contributed by atoms with Crippen molar-refractivity contribution in [2.75, 3.05) is 44.2 Å². The average molecular weight is 762 g/mol. The van der Waals surface area contributed by atoms with Gasteiger partial charge in [-0.2, -0.15) is 10.4 Å². The van der Waals surface area contributed by atoms with Gasteiger partial charge in [-0.05, 0) is 43.0 Å². The number of imide groups is 1. The van der Waals surface area contributed by atoms with E-state index >= 15 is 0 Å². The van der Waals surface area contributed by atoms with Crippen LogP contribution in [0.4, 0.5) is 5.82 Å². The number of nitrogens with zero attached hydrogens (tertiary/aromatic N) is 6. The van der Waals surface area contributed by atoms with E-state index in [0.717, 1.165) is 49.6 Å². The number of nitriles is 1. The van der Waals surface area contributed by atoms with E-state index in [-0.39, 0.29) is 62.2 Å². The molecule has 54 heavy (non-hydrogen) atoms. The number of anilines is 1. The van der Waals surface area contributed by atoms with Gasteiger partial charge in [-0.25, -0.2) is 9.67 Å². The Morgan fingerprint density at radius 1 is 1.00 bits per heavy atom. The number of hydrogen-bond acceptors (Lipinski definition) is 11. The molecule has 2 amide bonds. The van der Waals surface area contributed by atoms with E-state index in [9.17, 15) is 24.4 Å². The molecule has 13 nitrogen and oxygen atoms in total. The Morgan fingerprint density at radius 2 is 1.72 bits per heavy atom. The van der Waals surface area contributed by atoms with Crippen LogP contribution < -0.4 is 25.2 Å². The first-order chi connectivity index (χ1) is 24.8. The lowest BCUT2D eigenvalue weighted by Crippen LogP contribution is -2.66. The maximum atomic E-state index is 13.5. The highest BCUT2D eigenvalue weighted by atomic mass is 35.5. The molecule has 0 radical (unpaired) electrons. The molecule has 1 aromatic carbocycles. The van der Waals surface area contributed by atoms with Crippen LogP contribution in [0.5, 0.6) is 11.5 Å². The molecule has 14 heteroatoms. The third-order valence-corrected chi connectivity index (χ3v) is 11.1. The molecule has 0 bridgehead atoms. The van der Waals surface area contributed by atoms with Gasteiger partial charge in [0.2, 0.25) is 5.91 Å². The minimum atomic E-state index is -0.801. The van der Waals surface area contributed by atoms with Crippen molar-refractivity contribution >= 4 is 35.0 Å². The molecule has 3 aromatic rings. The number of ether oxygens (including phenoxy) is 2. The lowest BCUT2D eigenvalue weighted by atomic mass is 9.44. The fourth-order valence-corrected chi connectivity index (χ4v) is 8.37. The minimum Gasteiger partial charge on any atom is -0.492 e. The zero-order valence-electron chi connectivity index (χ0n) is 29.9. The largest absolute Gasteiger partial charge is 0.492 e. The van der Waals surface area contributed by atoms with Crippen molar-refractivity contribution in [3.8, 4) is 17.6 Å². The standard InChI is InChI=1S/C38H44ClN7O6.2CH4/c1-37(2)31(38(3,4)36(37)52-26-8-6-24(21-40)28(39)18-26)20-30(47)25-7-10-32(41-22-25)45-15-13-44(14-16-45)12-5-17-51-27-19-34(49)46(42-23-27)29-9-11-33(48)43-35(29)50;;/h6-8,10,18-19,22-23,29,31,36H,5,9,11-17,20H2,1-4H3,(H,43,48,50);2*1H4. The van der Waals surface area contributed by atoms with Crippen molar-refractivity contribution in [2.45, 2.75) is 80.4 Å². The van der Waals surface area contributed by atoms with Crippen molar-refractivity contribution in [1.29, 1.82) is 5.26 Å². The molecular weight excluding hydrogens is 710 g/mol. The monoisotopic (exact) mass is 761 g/mol. The number of benzene rings is 1. The van der Waals surface area contributed by atoms with Crippen LogP contribution in [0, 0.1) is 28.1 Å². The van der Waals surface area contributed by atoms with Crippen LogP contribution in [0.1, 0.15) is 90.2 Å². The Bertz CT molecular complexity index is 1920. The van der Waals surface area contributed by atoms with Crippen LogP contribution in [0.2, 0.25) is 5.02 Å². The summed E-state index contributed by atoms with van der Waals surface area (Å²) >= 11 is 6.23. The van der Waals surface area contributed by atoms with E-state index < -0.39 is 17.5 Å². The number of Topliss-reactive ketones (excluding diaryl/α,β-unsaturated/α-hetero) is 1. The Balaban J connectivity index is 0.00000325. The first-order valence-electron chi connectivity index (χ1n) is 17.7. The van der Waals surface area contributed by atoms with Gasteiger partial charge < -0.3 is 14.4 Å². The zero-order valence-corrected chi connectivity index (χ0v) is 30.7. The Morgan fingerprint density at radius 3 is 2.33 bits per heavy atom. The zero-order chi connectivity index (χ0) is 37.2. The first kappa shape index (κ1) is 41.9. The van der Waals surface area contributed by atoms with Crippen LogP contribution in [0.3, 0.4) is 0 Å². The molecular formula is C40H52ClN7O6. The van der Waals surface area contributed by atoms with Crippen LogP contribution in [0.15, 0.2) is 53.6 Å². The van der Waals surface area contributed by atoms with Crippen LogP contribution in [0.25, 0.3) is 0 Å². The number of hydrogen-bond donors (Lipinski definition) is 1. The fourth-order valence-electron chi connectivity index (χ4n) is 8.16. The second-order valence-electron chi connectivity index (χ2n) is 15.0. The van der Waals surface area contributed by atoms with Gasteiger partial charge in [-0.15, -0.1) is 0 Å². The van der Waals surface area contributed by atoms with Gasteiger partial charge in [0.1, 0.15) is 35.5 Å². The smallest absolute Gasteiger partial charge is 0.271 e. The summed E-state index contributed by atoms with van der Waals surface area (Å²) in [5.41, 5.74) is 0.0220. The molecule has 2 aliphatic heterocycles. The number of amides is 2. The number of piperidine rings is 1. The number of nitrogens with one attached hydrogen (secondary N) is 1. The van der Waals surface area contributed by atoms with E-state index in [1.54, 1.807) is 24.4 Å². The van der Waals surface area contributed by atoms with Crippen molar-refractivity contribution in [3.63, 3.8) is 0 Å². The summed E-state index contributed by atoms with van der Waals surface area (Å²) < 4.78 is 13.2. The van der Waals surface area contributed by atoms with Gasteiger partial charge in [0.25, 0.3) is 11.5 Å². The molecule has 290 valence electrons. The van der Waals surface area contributed by atoms with Crippen LogP contribution >= 0.6 is 11.6 Å². The summed E-state index contributed by atoms with van der Waals surface area (Å²) in [5, 5.41) is 15.9. The van der Waals surface area contributed by atoms with Gasteiger partial charge in [-0.3, -0.25) is 29.4 Å². The van der Waals surface area contributed by atoms with E-state index in [4.69, 9.17) is 21.1 Å². The fraction of sp³-hybridized carbons (Fsp3) is 0.525. The lowest BCUT2D eigenvalue weighted by molar-refractivity contribution is -0.196. The summed E-state index contributed by atoms with van der Waals surface area (Å²) in [4.78, 5) is 58.7. The number of halogens is 1. The molecule has 1 saturated carbocycles. The predicted octanol–water partition coefficient (Wildman–Crippen LogP) is 5.71. The van der Waals surface area contributed by atoms with Gasteiger partial charge in [0, 0.05) is 80.3 Å². The molecule has 3 aliphatic rings. The molecule has 1 atom stereocenters. The van der Waals surface area contributed by atoms with E-state index in [2.05, 4.69) is 59.0 Å². The number of pyridine rings is 1. The highest BCUT2D eigenvalue weighted by Crippen LogP contribution is 2.61. The van der Waals surface area contributed by atoms with E-state index in [1.165, 1.54) is 12.3 Å². The summed E-state index contributed by atoms with van der Waals surface area (Å²) in [5.74, 6) is 1.08. The van der Waals surface area contributed by atoms with Crippen molar-refractivity contribution < 1.29 is 23.9 Å². The molecule has 6 rings (SSSR count). The van der Waals surface area contributed by atoms with Crippen molar-refractivity contribution in [1.82, 2.24) is 25.0 Å². The highest BCUT2D eigenvalue weighted by molar-refractivity contribution is 6.31. The molecule has 1 aliphatic carbocycles. The van der Waals surface area contributed by atoms with Gasteiger partial charge in [0.05, 0.1) is 23.4 Å². The summed E-state index contributed by atoms with van der Waals surface area (Å²) in [6.45, 7) is 13.1. The molecule has 1 N–H and O–H groups in total. The SMILES string of the molecule is C.C.CC1(C)C(CC(=O)c2ccc(N3CCN(CCCOc4cnn(C5CCC(=O)NC5=O)c(=O)c4)CC3)nc2)C(C)(C)C1Oc1ccc(C#N)c(Cl)c1. The topological polar surface area (TPSA) is 160 Å². The van der Waals surface area contributed by atoms with E-state index in [0.29, 0.717) is 40.7 Å². The Labute approximate surface area is 322 Å². The highest BCUT2D eigenvalue weighted by Gasteiger charge is 2.63. The van der Waals surface area contributed by atoms with Crippen molar-refractivity contribution in [2.24, 2.45) is 16.7 Å². The first-order valence-corrected chi connectivity index (χ1v) is 18.0. The molecule has 2 saturated heterocycles. The predicted molar refractivity (Wildman–Crippen MR) is 207 cm³/mol. The Kier molecular flexibility index (Phi) is 13.3. The Hall–Kier alpha value is -4.80. The average Bonchev–Trinajstić information content (AvgIpc) is 3.12. The van der Waals surface area contributed by atoms with Crippen LogP contribution in [-0.4, -0.2) is 82.7 Å². The number of aromatic nitrogens is 3. The lowest BCUT2D eigenvalue weighted by Gasteiger charge is -2.63. The molecule has 3 fully saturated rings. The summed E-state index contributed by atoms with van der Waals surface area (Å²) in [6, 6.07) is 11.5. The number of carbonyl (C=O) groups is 3. The number of piperazine rings is 1. The van der Waals surface area contributed by atoms with Crippen LogP contribution in [-0.2, 0) is 9.59 Å². The van der Waals surface area contributed by atoms with Crippen molar-refractivity contribution in [3.05, 3.63) is 75.3 Å². The molecule has 2 aromatic heterocycles. The van der Waals surface area contributed by atoms with E-state index in [1.807, 2.05) is 12.1 Å². The second kappa shape index (κ2) is 17.1.